The van der Waals surface area contributed by atoms with E-state index in [1.165, 1.54) is 6.42 Å². The van der Waals surface area contributed by atoms with Crippen LogP contribution in [0, 0.1) is 0 Å². The molecule has 3 rings (SSSR count). The molecule has 2 unspecified atom stereocenters. The molecule has 1 aliphatic heterocycles. The van der Waals surface area contributed by atoms with Crippen molar-refractivity contribution in [2.45, 2.75) is 51.4 Å². The summed E-state index contributed by atoms with van der Waals surface area (Å²) in [7, 11) is 0. The molecule has 0 amide bonds. The summed E-state index contributed by atoms with van der Waals surface area (Å²) < 4.78 is 7.48. The minimum atomic E-state index is -0.517. The van der Waals surface area contributed by atoms with Gasteiger partial charge in [0.2, 0.25) is 0 Å². The van der Waals surface area contributed by atoms with Gasteiger partial charge in [0.15, 0.2) is 0 Å². The summed E-state index contributed by atoms with van der Waals surface area (Å²) >= 11 is 0. The third-order valence-corrected chi connectivity index (χ3v) is 4.35. The van der Waals surface area contributed by atoms with E-state index in [-0.39, 0.29) is 0 Å². The fraction of sp³-hybridized carbons (Fsp3) is 0.562. The number of hydrogen-bond acceptors (Lipinski definition) is 4. The number of imidazole rings is 1. The summed E-state index contributed by atoms with van der Waals surface area (Å²) in [5.41, 5.74) is 0. The highest BCUT2D eigenvalue weighted by Crippen LogP contribution is 2.28. The Hall–Kier alpha value is -1.59. The predicted octanol–water partition coefficient (Wildman–Crippen LogP) is 2.58. The Morgan fingerprint density at radius 3 is 3.19 bits per heavy atom. The van der Waals surface area contributed by atoms with Gasteiger partial charge >= 0.3 is 0 Å². The van der Waals surface area contributed by atoms with Crippen LogP contribution in [0.25, 0.3) is 0 Å². The Labute approximate surface area is 125 Å². The molecule has 5 nitrogen and oxygen atoms in total. The second kappa shape index (κ2) is 6.45. The minimum absolute atomic E-state index is 0.395. The second-order valence-electron chi connectivity index (χ2n) is 5.66. The fourth-order valence-corrected chi connectivity index (χ4v) is 3.19. The molecule has 0 saturated carbocycles. The first-order valence-corrected chi connectivity index (χ1v) is 7.73. The number of nitrogens with zero attached hydrogens (tertiary/aromatic N) is 3. The lowest BCUT2D eigenvalue weighted by Crippen LogP contribution is -2.31. The van der Waals surface area contributed by atoms with Crippen LogP contribution in [-0.2, 0) is 13.1 Å². The van der Waals surface area contributed by atoms with Crippen molar-refractivity contribution in [2.24, 2.45) is 0 Å². The van der Waals surface area contributed by atoms with Crippen LogP contribution < -0.4 is 0 Å². The molecule has 2 aromatic rings. The smallest absolute Gasteiger partial charge is 0.132 e. The number of aryl methyl sites for hydroxylation is 1. The van der Waals surface area contributed by atoms with Gasteiger partial charge in [-0.25, -0.2) is 4.98 Å². The first kappa shape index (κ1) is 14.4. The lowest BCUT2D eigenvalue weighted by molar-refractivity contribution is 0.0983. The van der Waals surface area contributed by atoms with Crippen molar-refractivity contribution >= 4 is 0 Å². The van der Waals surface area contributed by atoms with Gasteiger partial charge in [-0.1, -0.05) is 0 Å². The van der Waals surface area contributed by atoms with Crippen molar-refractivity contribution in [3.8, 4) is 0 Å². The number of hydrogen-bond donors (Lipinski definition) is 1. The third-order valence-electron chi connectivity index (χ3n) is 4.35. The third kappa shape index (κ3) is 3.19. The van der Waals surface area contributed by atoms with Crippen molar-refractivity contribution in [3.63, 3.8) is 0 Å². The summed E-state index contributed by atoms with van der Waals surface area (Å²) in [6.45, 7) is 5.01. The van der Waals surface area contributed by atoms with E-state index >= 15 is 0 Å². The molecule has 0 spiro atoms. The first-order chi connectivity index (χ1) is 10.3. The van der Waals surface area contributed by atoms with E-state index in [1.807, 2.05) is 24.5 Å². The Morgan fingerprint density at radius 2 is 2.43 bits per heavy atom. The van der Waals surface area contributed by atoms with Gasteiger partial charge < -0.3 is 14.1 Å². The Morgan fingerprint density at radius 1 is 1.52 bits per heavy atom. The lowest BCUT2D eigenvalue weighted by atomic mass is 10.1. The van der Waals surface area contributed by atoms with Gasteiger partial charge in [-0.05, 0) is 44.9 Å². The Balaban J connectivity index is 1.63. The minimum Gasteiger partial charge on any atom is -0.467 e. The maximum absolute atomic E-state index is 10.3. The average molecular weight is 289 g/mol. The molecule has 0 aliphatic carbocycles. The summed E-state index contributed by atoms with van der Waals surface area (Å²) in [5.74, 6) is 1.77. The van der Waals surface area contributed by atoms with Crippen LogP contribution in [0.1, 0.15) is 43.9 Å². The first-order valence-electron chi connectivity index (χ1n) is 7.73. The highest BCUT2D eigenvalue weighted by Gasteiger charge is 2.28. The van der Waals surface area contributed by atoms with E-state index in [9.17, 15) is 5.11 Å². The molecule has 0 aromatic carbocycles. The number of aliphatic hydroxyl groups is 1. The molecule has 0 radical (unpaired) electrons. The molecule has 114 valence electrons. The van der Waals surface area contributed by atoms with Crippen molar-refractivity contribution in [3.05, 3.63) is 42.4 Å². The lowest BCUT2D eigenvalue weighted by Gasteiger charge is -2.25. The van der Waals surface area contributed by atoms with E-state index in [0.29, 0.717) is 11.8 Å². The summed E-state index contributed by atoms with van der Waals surface area (Å²) in [6, 6.07) is 4.06. The van der Waals surface area contributed by atoms with Crippen LogP contribution >= 0.6 is 0 Å². The van der Waals surface area contributed by atoms with Crippen LogP contribution in [0.4, 0.5) is 0 Å². The molecular weight excluding hydrogens is 266 g/mol. The number of aromatic nitrogens is 2. The van der Waals surface area contributed by atoms with Gasteiger partial charge in [-0.2, -0.15) is 0 Å². The zero-order chi connectivity index (χ0) is 14.7. The molecule has 1 aliphatic rings. The molecule has 3 heterocycles. The summed E-state index contributed by atoms with van der Waals surface area (Å²) in [4.78, 5) is 6.89. The van der Waals surface area contributed by atoms with E-state index in [0.717, 1.165) is 38.3 Å². The van der Waals surface area contributed by atoms with E-state index in [2.05, 4.69) is 21.4 Å². The molecule has 0 bridgehead atoms. The summed E-state index contributed by atoms with van der Waals surface area (Å²) in [6.07, 6.45) is 8.02. The monoisotopic (exact) mass is 289 g/mol. The molecular formula is C16H23N3O2. The van der Waals surface area contributed by atoms with Crippen molar-refractivity contribution < 1.29 is 9.52 Å². The van der Waals surface area contributed by atoms with Gasteiger partial charge in [0.25, 0.3) is 0 Å². The molecule has 2 atom stereocenters. The molecule has 5 heteroatoms. The van der Waals surface area contributed by atoms with Crippen LogP contribution in [0.5, 0.6) is 0 Å². The number of rotatable bonds is 6. The number of likely N-dealkylation sites (tertiary alicyclic amines) is 1. The maximum atomic E-state index is 10.3. The Kier molecular flexibility index (Phi) is 4.41. The van der Waals surface area contributed by atoms with E-state index in [1.54, 1.807) is 6.26 Å². The Bertz CT molecular complexity index is 550. The second-order valence-corrected chi connectivity index (χ2v) is 5.66. The van der Waals surface area contributed by atoms with Crippen LogP contribution in [-0.4, -0.2) is 32.1 Å². The number of aliphatic hydroxyl groups excluding tert-OH is 1. The average Bonchev–Trinajstić information content (AvgIpc) is 3.21. The number of furan rings is 1. The molecule has 1 saturated heterocycles. The van der Waals surface area contributed by atoms with E-state index < -0.39 is 6.10 Å². The van der Waals surface area contributed by atoms with Crippen LogP contribution in [0.15, 0.2) is 35.2 Å². The highest BCUT2D eigenvalue weighted by molar-refractivity contribution is 5.03. The van der Waals surface area contributed by atoms with Crippen LogP contribution in [0.2, 0.25) is 0 Å². The zero-order valence-electron chi connectivity index (χ0n) is 12.5. The van der Waals surface area contributed by atoms with Gasteiger partial charge in [-0.3, -0.25) is 4.90 Å². The van der Waals surface area contributed by atoms with Crippen LogP contribution in [0.3, 0.4) is 0 Å². The van der Waals surface area contributed by atoms with Gasteiger partial charge in [0.1, 0.15) is 17.7 Å². The van der Waals surface area contributed by atoms with Crippen molar-refractivity contribution in [1.29, 1.82) is 0 Å². The quantitative estimate of drug-likeness (QED) is 0.888. The standard InChI is InChI=1S/C16H23N3O2/c1-2-18-9-7-17-16(18)12-19-8-3-5-13(19)11-14(20)15-6-4-10-21-15/h4,6-7,9-10,13-14,20H,2-3,5,8,11-12H2,1H3. The fourth-order valence-electron chi connectivity index (χ4n) is 3.19. The summed E-state index contributed by atoms with van der Waals surface area (Å²) in [5, 5.41) is 10.3. The van der Waals surface area contributed by atoms with E-state index in [4.69, 9.17) is 4.42 Å². The highest BCUT2D eigenvalue weighted by atomic mass is 16.4. The van der Waals surface area contributed by atoms with Crippen molar-refractivity contribution in [1.82, 2.24) is 14.5 Å². The maximum Gasteiger partial charge on any atom is 0.132 e. The van der Waals surface area contributed by atoms with Gasteiger partial charge in [-0.15, -0.1) is 0 Å². The normalized spacial score (nSPS) is 21.0. The molecule has 1 fully saturated rings. The topological polar surface area (TPSA) is 54.4 Å². The molecule has 21 heavy (non-hydrogen) atoms. The van der Waals surface area contributed by atoms with Gasteiger partial charge in [0.05, 0.1) is 12.8 Å². The van der Waals surface area contributed by atoms with Crippen molar-refractivity contribution in [2.75, 3.05) is 6.54 Å². The zero-order valence-corrected chi connectivity index (χ0v) is 12.5. The predicted molar refractivity (Wildman–Crippen MR) is 79.6 cm³/mol. The molecule has 1 N–H and O–H groups in total. The SMILES string of the molecule is CCn1ccnc1CN1CCCC1CC(O)c1ccco1. The largest absolute Gasteiger partial charge is 0.467 e. The van der Waals surface area contributed by atoms with Gasteiger partial charge in [0, 0.05) is 25.0 Å². The molecule has 2 aromatic heterocycles.